The zero-order chi connectivity index (χ0) is 23.2. The molecule has 3 aromatic rings. The van der Waals surface area contributed by atoms with Crippen molar-refractivity contribution >= 4 is 46.9 Å². The number of nitrogens with one attached hydrogen (secondary N) is 1. The summed E-state index contributed by atoms with van der Waals surface area (Å²) in [6, 6.07) is 6.66. The van der Waals surface area contributed by atoms with Crippen LogP contribution in [0.3, 0.4) is 0 Å². The van der Waals surface area contributed by atoms with E-state index in [1.165, 1.54) is 0 Å². The van der Waals surface area contributed by atoms with Crippen molar-refractivity contribution in [3.8, 4) is 0 Å². The molecule has 2 heterocycles. The number of hydrogen-bond acceptors (Lipinski definition) is 7. The first-order chi connectivity index (χ1) is 14.6. The van der Waals surface area contributed by atoms with Crippen LogP contribution in [0.2, 0.25) is 5.02 Å². The second-order valence-corrected chi connectivity index (χ2v) is 7.87. The normalized spacial score (nSPS) is 12.1. The van der Waals surface area contributed by atoms with Gasteiger partial charge in [-0.3, -0.25) is 9.36 Å². The number of aliphatic hydroxyl groups is 1. The number of H-pyrrole nitrogens is 1. The van der Waals surface area contributed by atoms with Gasteiger partial charge in [0.15, 0.2) is 5.82 Å². The predicted molar refractivity (Wildman–Crippen MR) is 123 cm³/mol. The molecule has 31 heavy (non-hydrogen) atoms. The standard InChI is InChI=1S/C16H12B3ClN4O4.C2H6S/c17-16(18,19)10-6-21-15(27)24(14(10)26)7-13-22-12(23-28-13)5-11(25)8-1-3-9(20)4-2-8;1-3-2/h1-4,6,11,25H,5,7H2,(H,21,27);1-2H3. The average molecular weight is 454 g/mol. The third-order valence-electron chi connectivity index (χ3n) is 3.96. The Labute approximate surface area is 192 Å². The van der Waals surface area contributed by atoms with Crippen molar-refractivity contribution in [3.63, 3.8) is 0 Å². The van der Waals surface area contributed by atoms with Gasteiger partial charge in [-0.25, -0.2) is 4.79 Å². The summed E-state index contributed by atoms with van der Waals surface area (Å²) in [6.45, 7) is -0.317. The van der Waals surface area contributed by atoms with Crippen molar-refractivity contribution in [2.75, 3.05) is 12.5 Å². The molecule has 0 saturated heterocycles. The van der Waals surface area contributed by atoms with E-state index >= 15 is 0 Å². The number of aromatic amines is 1. The number of nitrogens with zero attached hydrogens (tertiary/aromatic N) is 3. The summed E-state index contributed by atoms with van der Waals surface area (Å²) in [5.41, 5.74) is -1.07. The lowest BCUT2D eigenvalue weighted by Gasteiger charge is -2.19. The highest BCUT2D eigenvalue weighted by Crippen LogP contribution is 2.19. The number of rotatable bonds is 6. The fraction of sp³-hybridized carbons (Fsp3) is 0.333. The summed E-state index contributed by atoms with van der Waals surface area (Å²) in [5.74, 6) is 0.184. The maximum atomic E-state index is 12.4. The van der Waals surface area contributed by atoms with Gasteiger partial charge in [-0.05, 0) is 30.2 Å². The average Bonchev–Trinajstić information content (AvgIpc) is 3.12. The smallest absolute Gasteiger partial charge is 0.328 e. The Kier molecular flexibility index (Phi) is 8.84. The predicted octanol–water partition coefficient (Wildman–Crippen LogP) is 0.492. The molecule has 1 atom stereocenters. The summed E-state index contributed by atoms with van der Waals surface area (Å²) in [4.78, 5) is 30.8. The lowest BCUT2D eigenvalue weighted by molar-refractivity contribution is 0.174. The van der Waals surface area contributed by atoms with Crippen LogP contribution in [-0.4, -0.2) is 60.8 Å². The largest absolute Gasteiger partial charge is 0.388 e. The van der Waals surface area contributed by atoms with E-state index in [9.17, 15) is 14.7 Å². The van der Waals surface area contributed by atoms with Gasteiger partial charge in [0, 0.05) is 23.2 Å². The molecule has 2 aromatic heterocycles. The molecule has 13 heteroatoms. The van der Waals surface area contributed by atoms with E-state index in [-0.39, 0.29) is 30.2 Å². The Morgan fingerprint density at radius 2 is 1.87 bits per heavy atom. The Bertz CT molecular complexity index is 1110. The minimum Gasteiger partial charge on any atom is -0.388 e. The molecule has 0 amide bonds. The quantitative estimate of drug-likeness (QED) is 0.522. The number of aromatic nitrogens is 4. The van der Waals surface area contributed by atoms with E-state index in [0.717, 1.165) is 10.8 Å². The summed E-state index contributed by atoms with van der Waals surface area (Å²) < 4.78 is 5.84. The van der Waals surface area contributed by atoms with Gasteiger partial charge < -0.3 is 14.6 Å². The SMILES string of the molecule is CSC.[B]C([B])([B])c1c[nH]c(=O)n(Cc2nc(CC(O)c3ccc(Cl)cc3)no2)c1=O. The van der Waals surface area contributed by atoms with E-state index in [2.05, 4.69) is 15.1 Å². The van der Waals surface area contributed by atoms with Crippen molar-refractivity contribution in [3.05, 3.63) is 79.2 Å². The van der Waals surface area contributed by atoms with Gasteiger partial charge in [-0.15, -0.1) is 0 Å². The monoisotopic (exact) mass is 454 g/mol. The molecule has 8 nitrogen and oxygen atoms in total. The van der Waals surface area contributed by atoms with Gasteiger partial charge in [0.2, 0.25) is 5.89 Å². The van der Waals surface area contributed by atoms with Crippen LogP contribution in [0.4, 0.5) is 0 Å². The topological polar surface area (TPSA) is 114 Å². The molecule has 6 radical (unpaired) electrons. The molecule has 156 valence electrons. The minimum atomic E-state index is -1.92. The summed E-state index contributed by atoms with van der Waals surface area (Å²) in [5, 5.41) is 12.6. The van der Waals surface area contributed by atoms with Gasteiger partial charge in [0.05, 0.1) is 29.6 Å². The third-order valence-corrected chi connectivity index (χ3v) is 4.21. The van der Waals surface area contributed by atoms with Gasteiger partial charge >= 0.3 is 5.69 Å². The molecule has 0 spiro atoms. The molecule has 1 unspecified atom stereocenters. The zero-order valence-electron chi connectivity index (χ0n) is 16.9. The van der Waals surface area contributed by atoms with E-state index in [1.807, 2.05) is 12.5 Å². The summed E-state index contributed by atoms with van der Waals surface area (Å²) >= 11 is 7.57. The summed E-state index contributed by atoms with van der Waals surface area (Å²) in [7, 11) is 16.6. The Morgan fingerprint density at radius 1 is 1.26 bits per heavy atom. The fourth-order valence-electron chi connectivity index (χ4n) is 2.51. The highest BCUT2D eigenvalue weighted by Gasteiger charge is 2.20. The van der Waals surface area contributed by atoms with Gasteiger partial charge in [0.25, 0.3) is 5.56 Å². The molecule has 0 saturated carbocycles. The maximum absolute atomic E-state index is 12.4. The number of benzene rings is 1. The highest BCUT2D eigenvalue weighted by atomic mass is 35.5. The lowest BCUT2D eigenvalue weighted by atomic mass is 9.40. The number of hydrogen-bond donors (Lipinski definition) is 2. The van der Waals surface area contributed by atoms with E-state index < -0.39 is 22.5 Å². The van der Waals surface area contributed by atoms with Gasteiger partial charge in [-0.2, -0.15) is 16.7 Å². The zero-order valence-corrected chi connectivity index (χ0v) is 18.5. The van der Waals surface area contributed by atoms with Crippen LogP contribution in [0, 0.1) is 0 Å². The van der Waals surface area contributed by atoms with Gasteiger partial charge in [0.1, 0.15) is 6.54 Å². The Balaban J connectivity index is 0.00000107. The first-order valence-corrected chi connectivity index (χ1v) is 10.9. The Hall–Kier alpha value is -2.17. The summed E-state index contributed by atoms with van der Waals surface area (Å²) in [6.07, 6.45) is 4.32. The van der Waals surface area contributed by atoms with E-state index in [4.69, 9.17) is 39.7 Å². The fourth-order valence-corrected chi connectivity index (χ4v) is 2.64. The second kappa shape index (κ2) is 10.9. The Morgan fingerprint density at radius 3 is 2.45 bits per heavy atom. The van der Waals surface area contributed by atoms with Crippen molar-refractivity contribution < 1.29 is 9.63 Å². The molecule has 0 fully saturated rings. The van der Waals surface area contributed by atoms with Crippen molar-refractivity contribution in [2.24, 2.45) is 0 Å². The van der Waals surface area contributed by atoms with Crippen molar-refractivity contribution in [1.29, 1.82) is 0 Å². The molecule has 0 aliphatic carbocycles. The van der Waals surface area contributed by atoms with Crippen LogP contribution >= 0.6 is 23.4 Å². The van der Waals surface area contributed by atoms with Crippen LogP contribution in [-0.2, 0) is 18.1 Å². The molecule has 0 bridgehead atoms. The first-order valence-electron chi connectivity index (χ1n) is 8.91. The molecule has 1 aromatic carbocycles. The molecule has 2 N–H and O–H groups in total. The maximum Gasteiger partial charge on any atom is 0.328 e. The van der Waals surface area contributed by atoms with Crippen molar-refractivity contribution in [1.82, 2.24) is 19.7 Å². The second-order valence-electron chi connectivity index (χ2n) is 6.62. The van der Waals surface area contributed by atoms with Crippen LogP contribution in [0.15, 0.2) is 44.6 Å². The third kappa shape index (κ3) is 6.91. The van der Waals surface area contributed by atoms with Crippen LogP contribution in [0.1, 0.15) is 28.9 Å². The number of thioether (sulfide) groups is 1. The van der Waals surface area contributed by atoms with Crippen LogP contribution in [0.25, 0.3) is 0 Å². The minimum absolute atomic E-state index is 0.0141. The molecule has 3 rings (SSSR count). The van der Waals surface area contributed by atoms with Crippen molar-refractivity contribution in [2.45, 2.75) is 24.2 Å². The molecule has 0 aliphatic heterocycles. The number of aliphatic hydroxyl groups excluding tert-OH is 1. The van der Waals surface area contributed by atoms with Crippen LogP contribution in [0.5, 0.6) is 0 Å². The van der Waals surface area contributed by atoms with Gasteiger partial charge in [-0.1, -0.05) is 34.0 Å². The van der Waals surface area contributed by atoms with E-state index in [1.54, 1.807) is 36.0 Å². The lowest BCUT2D eigenvalue weighted by Crippen LogP contribution is -2.43. The highest BCUT2D eigenvalue weighted by molar-refractivity contribution is 7.97. The van der Waals surface area contributed by atoms with E-state index in [0.29, 0.717) is 10.6 Å². The molecular formula is C18H18B3ClN4O4S. The first kappa shape index (κ1) is 25.1. The molecular weight excluding hydrogens is 436 g/mol. The number of halogens is 1. The van der Waals surface area contributed by atoms with Crippen LogP contribution < -0.4 is 11.2 Å². The molecule has 0 aliphatic rings.